The van der Waals surface area contributed by atoms with Gasteiger partial charge in [-0.1, -0.05) is 26.7 Å². The van der Waals surface area contributed by atoms with Gasteiger partial charge < -0.3 is 40.3 Å². The Kier molecular flexibility index (Phi) is 6.88. The maximum atomic E-state index is 5.97. The lowest BCUT2D eigenvalue weighted by molar-refractivity contribution is -0.826. The molecule has 0 aliphatic carbocycles. The lowest BCUT2D eigenvalue weighted by Crippen LogP contribution is -3.07. The van der Waals surface area contributed by atoms with Crippen molar-refractivity contribution in [1.29, 1.82) is 0 Å². The van der Waals surface area contributed by atoms with Crippen molar-refractivity contribution >= 4 is 22.7 Å². The predicted molar refractivity (Wildman–Crippen MR) is 82.8 cm³/mol. The summed E-state index contributed by atoms with van der Waals surface area (Å²) >= 11 is 0. The van der Waals surface area contributed by atoms with E-state index in [4.69, 9.17) is 11.5 Å². The average molecular weight is 390 g/mol. The fourth-order valence-electron chi connectivity index (χ4n) is 2.72. The highest BCUT2D eigenvalue weighted by molar-refractivity contribution is 5.79. The molecule has 1 atom stereocenters. The van der Waals surface area contributed by atoms with E-state index in [-0.39, 0.29) is 24.0 Å². The van der Waals surface area contributed by atoms with E-state index in [0.29, 0.717) is 11.4 Å². The van der Waals surface area contributed by atoms with Crippen molar-refractivity contribution in [2.24, 2.45) is 0 Å². The van der Waals surface area contributed by atoms with Gasteiger partial charge >= 0.3 is 0 Å². The summed E-state index contributed by atoms with van der Waals surface area (Å²) in [5.41, 5.74) is 16.0. The second-order valence-corrected chi connectivity index (χ2v) is 5.48. The third-order valence-corrected chi connectivity index (χ3v) is 3.92. The maximum Gasteiger partial charge on any atom is 0.158 e. The zero-order chi connectivity index (χ0) is 13.8. The van der Waals surface area contributed by atoms with Gasteiger partial charge in [0.1, 0.15) is 5.69 Å². The van der Waals surface area contributed by atoms with Crippen molar-refractivity contribution in [3.8, 4) is 0 Å². The molecule has 4 nitrogen and oxygen atoms in total. The molecule has 1 aromatic carbocycles. The van der Waals surface area contributed by atoms with Gasteiger partial charge in [-0.2, -0.15) is 0 Å². The summed E-state index contributed by atoms with van der Waals surface area (Å²) in [6, 6.07) is 4.13. The molecule has 1 heterocycles. The number of quaternary nitrogens is 1. The number of halogens is 1. The fraction of sp³-hybridized carbons (Fsp3) is 0.600. The summed E-state index contributed by atoms with van der Waals surface area (Å²) in [5.74, 6) is 0. The van der Waals surface area contributed by atoms with Gasteiger partial charge in [0.25, 0.3) is 0 Å². The van der Waals surface area contributed by atoms with Crippen LogP contribution in [0.15, 0.2) is 12.1 Å². The van der Waals surface area contributed by atoms with Crippen LogP contribution in [0.5, 0.6) is 0 Å². The molecule has 5 N–H and O–H groups in total. The molecule has 0 saturated heterocycles. The van der Waals surface area contributed by atoms with Crippen molar-refractivity contribution < 1.29 is 28.9 Å². The fourth-order valence-corrected chi connectivity index (χ4v) is 2.72. The van der Waals surface area contributed by atoms with Crippen LogP contribution in [0.2, 0.25) is 0 Å². The van der Waals surface area contributed by atoms with Gasteiger partial charge in [-0.25, -0.2) is 0 Å². The first-order chi connectivity index (χ1) is 9.17. The molecular weight excluding hydrogens is 363 g/mol. The first-order valence-electron chi connectivity index (χ1n) is 7.46. The number of hydrogen-bond donors (Lipinski definition) is 3. The Morgan fingerprint density at radius 3 is 2.40 bits per heavy atom. The van der Waals surface area contributed by atoms with Crippen LogP contribution < -0.4 is 45.2 Å². The molecule has 2 rings (SSSR count). The summed E-state index contributed by atoms with van der Waals surface area (Å²) in [6.45, 7) is 7.81. The largest absolute Gasteiger partial charge is 1.00 e. The minimum Gasteiger partial charge on any atom is -1.00 e. The number of hydrogen-bond acceptors (Lipinski definition) is 3. The van der Waals surface area contributed by atoms with E-state index in [2.05, 4.69) is 30.9 Å². The maximum absolute atomic E-state index is 5.97. The molecule has 1 aliphatic heterocycles. The molecule has 0 bridgehead atoms. The topological polar surface area (TPSA) is 59.7 Å². The van der Waals surface area contributed by atoms with Gasteiger partial charge in [0, 0.05) is 12.6 Å². The number of unbranched alkanes of at least 4 members (excludes halogenated alkanes) is 2. The Morgan fingerprint density at radius 1 is 1.10 bits per heavy atom. The second kappa shape index (κ2) is 7.93. The first kappa shape index (κ1) is 17.4. The second-order valence-electron chi connectivity index (χ2n) is 5.48. The van der Waals surface area contributed by atoms with Crippen LogP contribution in [0.4, 0.5) is 22.7 Å². The molecular formula is C15H27IN4. The minimum atomic E-state index is 0. The van der Waals surface area contributed by atoms with E-state index in [1.54, 1.807) is 0 Å². The smallest absolute Gasteiger partial charge is 0.158 e. The molecule has 1 unspecified atom stereocenters. The third-order valence-electron chi connectivity index (χ3n) is 3.92. The van der Waals surface area contributed by atoms with Crippen LogP contribution in [0, 0.1) is 0 Å². The zero-order valence-corrected chi connectivity index (χ0v) is 14.7. The predicted octanol–water partition coefficient (Wildman–Crippen LogP) is -1.25. The van der Waals surface area contributed by atoms with Gasteiger partial charge in [-0.15, -0.1) is 0 Å². The molecule has 5 heteroatoms. The van der Waals surface area contributed by atoms with Crippen LogP contribution in [0.1, 0.15) is 39.5 Å². The average Bonchev–Trinajstić information content (AvgIpc) is 2.72. The van der Waals surface area contributed by atoms with Crippen molar-refractivity contribution in [3.05, 3.63) is 12.1 Å². The molecule has 0 aromatic heterocycles. The molecule has 1 aliphatic rings. The summed E-state index contributed by atoms with van der Waals surface area (Å²) in [6.07, 6.45) is 4.93. The monoisotopic (exact) mass is 390 g/mol. The van der Waals surface area contributed by atoms with E-state index in [1.807, 2.05) is 0 Å². The molecule has 0 spiro atoms. The molecule has 114 valence electrons. The molecule has 0 amide bonds. The molecule has 0 saturated carbocycles. The first-order valence-corrected chi connectivity index (χ1v) is 7.46. The van der Waals surface area contributed by atoms with Crippen LogP contribution in [0.25, 0.3) is 0 Å². The minimum absolute atomic E-state index is 0. The Bertz CT molecular complexity index is 397. The quantitative estimate of drug-likeness (QED) is 0.420. The lowest BCUT2D eigenvalue weighted by atomic mass is 10.2. The van der Waals surface area contributed by atoms with Crippen LogP contribution in [0.3, 0.4) is 0 Å². The van der Waals surface area contributed by atoms with E-state index in [1.165, 1.54) is 48.5 Å². The van der Waals surface area contributed by atoms with Crippen LogP contribution in [-0.4, -0.2) is 19.8 Å². The lowest BCUT2D eigenvalue weighted by Gasteiger charge is -2.17. The highest BCUT2D eigenvalue weighted by atomic mass is 127. The number of nitrogens with one attached hydrogen (secondary N) is 1. The van der Waals surface area contributed by atoms with E-state index >= 15 is 0 Å². The summed E-state index contributed by atoms with van der Waals surface area (Å²) in [5, 5.41) is 0. The van der Waals surface area contributed by atoms with Crippen molar-refractivity contribution in [2.45, 2.75) is 39.5 Å². The van der Waals surface area contributed by atoms with Crippen molar-refractivity contribution in [2.75, 3.05) is 36.1 Å². The number of nitrogens with zero attached hydrogens (tertiary/aromatic N) is 1. The Morgan fingerprint density at radius 2 is 1.75 bits per heavy atom. The molecule has 1 aromatic rings. The van der Waals surface area contributed by atoms with Gasteiger partial charge in [0.15, 0.2) is 12.4 Å². The van der Waals surface area contributed by atoms with Gasteiger partial charge in [-0.3, -0.25) is 4.90 Å². The normalized spacial score (nSPS) is 16.9. The Labute approximate surface area is 139 Å². The highest BCUT2D eigenvalue weighted by Crippen LogP contribution is 2.33. The van der Waals surface area contributed by atoms with Gasteiger partial charge in [0.2, 0.25) is 0 Å². The number of anilines is 3. The van der Waals surface area contributed by atoms with Crippen molar-refractivity contribution in [3.63, 3.8) is 0 Å². The summed E-state index contributed by atoms with van der Waals surface area (Å²) in [4.78, 5) is 3.99. The standard InChI is InChI=1S/C15H26N4.HI/c1-3-5-7-18-11-19(8-6-4-2)15-10-13(17)12(16)9-14(15)18;/h9-10H,3-8,11,16-17H2,1-2H3;1H. The van der Waals surface area contributed by atoms with E-state index < -0.39 is 0 Å². The Hall–Kier alpha value is -0.690. The zero-order valence-electron chi connectivity index (χ0n) is 12.6. The molecule has 0 fully saturated rings. The number of rotatable bonds is 6. The number of nitrogens with two attached hydrogens (primary N) is 2. The number of fused-ring (bicyclic) bond motifs is 1. The number of nitrogen functional groups attached to an aromatic ring is 2. The van der Waals surface area contributed by atoms with E-state index in [0.717, 1.165) is 13.2 Å². The summed E-state index contributed by atoms with van der Waals surface area (Å²) < 4.78 is 0. The number of benzene rings is 1. The Balaban J connectivity index is 0.00000200. The van der Waals surface area contributed by atoms with E-state index in [9.17, 15) is 0 Å². The molecule has 0 radical (unpaired) electrons. The third kappa shape index (κ3) is 3.69. The highest BCUT2D eigenvalue weighted by Gasteiger charge is 2.30. The molecule has 20 heavy (non-hydrogen) atoms. The van der Waals surface area contributed by atoms with Gasteiger partial charge in [0.05, 0.1) is 17.9 Å². The van der Waals surface area contributed by atoms with Crippen molar-refractivity contribution in [1.82, 2.24) is 0 Å². The van der Waals surface area contributed by atoms with Crippen LogP contribution >= 0.6 is 0 Å². The summed E-state index contributed by atoms with van der Waals surface area (Å²) in [7, 11) is 0. The van der Waals surface area contributed by atoms with Gasteiger partial charge in [-0.05, 0) is 18.9 Å². The SMILES string of the molecule is CCCCN1C[NH+](CCCC)c2cc(N)c(N)cc21.[I-]. The van der Waals surface area contributed by atoms with Crippen LogP contribution in [-0.2, 0) is 0 Å².